The van der Waals surface area contributed by atoms with Crippen LogP contribution in [0.5, 0.6) is 0 Å². The van der Waals surface area contributed by atoms with E-state index in [9.17, 15) is 4.79 Å². The molecule has 0 radical (unpaired) electrons. The Morgan fingerprint density at radius 2 is 2.04 bits per heavy atom. The van der Waals surface area contributed by atoms with Crippen LogP contribution in [0.2, 0.25) is 0 Å². The molecule has 130 valence electrons. The lowest BCUT2D eigenvalue weighted by Crippen LogP contribution is -2.38. The molecule has 3 fully saturated rings. The number of ether oxygens (including phenoxy) is 2. The van der Waals surface area contributed by atoms with Crippen LogP contribution >= 0.6 is 0 Å². The number of aromatic nitrogens is 1. The van der Waals surface area contributed by atoms with Crippen molar-refractivity contribution < 1.29 is 14.3 Å². The summed E-state index contributed by atoms with van der Waals surface area (Å²) in [7, 11) is 0. The third-order valence-electron chi connectivity index (χ3n) is 5.07. The van der Waals surface area contributed by atoms with Crippen LogP contribution in [0.1, 0.15) is 29.8 Å². The Hall–Kier alpha value is -1.66. The molecule has 1 aromatic heterocycles. The van der Waals surface area contributed by atoms with Crippen molar-refractivity contribution in [3.63, 3.8) is 0 Å². The van der Waals surface area contributed by atoms with Crippen molar-refractivity contribution in [3.8, 4) is 0 Å². The Morgan fingerprint density at radius 1 is 1.21 bits per heavy atom. The summed E-state index contributed by atoms with van der Waals surface area (Å²) in [6.07, 6.45) is 5.03. The van der Waals surface area contributed by atoms with Gasteiger partial charge in [-0.1, -0.05) is 0 Å². The van der Waals surface area contributed by atoms with E-state index in [1.54, 1.807) is 6.20 Å². The van der Waals surface area contributed by atoms with Crippen molar-refractivity contribution in [2.75, 3.05) is 51.0 Å². The smallest absolute Gasteiger partial charge is 0.272 e. The number of nitrogens with zero attached hydrogens (tertiary/aromatic N) is 3. The first-order valence-corrected chi connectivity index (χ1v) is 8.99. The van der Waals surface area contributed by atoms with Crippen LogP contribution in [0.4, 0.5) is 5.69 Å². The second-order valence-corrected chi connectivity index (χ2v) is 6.92. The zero-order chi connectivity index (χ0) is 16.4. The van der Waals surface area contributed by atoms with Crippen LogP contribution in [0, 0.1) is 5.92 Å². The largest absolute Gasteiger partial charge is 0.381 e. The first kappa shape index (κ1) is 15.8. The van der Waals surface area contributed by atoms with Crippen LogP contribution < -0.4 is 4.90 Å². The molecule has 3 aliphatic rings. The van der Waals surface area contributed by atoms with Gasteiger partial charge in [-0.2, -0.15) is 0 Å². The number of amides is 1. The normalized spacial score (nSPS) is 24.2. The van der Waals surface area contributed by atoms with Gasteiger partial charge in [-0.15, -0.1) is 0 Å². The van der Waals surface area contributed by atoms with Crippen molar-refractivity contribution in [1.82, 2.24) is 9.88 Å². The molecule has 1 saturated carbocycles. The van der Waals surface area contributed by atoms with E-state index in [4.69, 9.17) is 9.47 Å². The molecule has 6 nitrogen and oxygen atoms in total. The van der Waals surface area contributed by atoms with Crippen molar-refractivity contribution in [2.24, 2.45) is 5.92 Å². The van der Waals surface area contributed by atoms with E-state index in [1.807, 2.05) is 17.0 Å². The number of pyridine rings is 1. The number of carbonyl (C=O) groups is 1. The molecule has 0 aromatic carbocycles. The van der Waals surface area contributed by atoms with Crippen LogP contribution in [0.15, 0.2) is 18.3 Å². The van der Waals surface area contributed by atoms with E-state index in [0.717, 1.165) is 71.0 Å². The molecule has 3 heterocycles. The number of morpholine rings is 1. The summed E-state index contributed by atoms with van der Waals surface area (Å²) in [5.41, 5.74) is 1.63. The Morgan fingerprint density at radius 3 is 2.75 bits per heavy atom. The molecule has 0 spiro atoms. The molecule has 2 saturated heterocycles. The first-order chi connectivity index (χ1) is 11.8. The van der Waals surface area contributed by atoms with Crippen molar-refractivity contribution in [2.45, 2.75) is 25.3 Å². The minimum Gasteiger partial charge on any atom is -0.381 e. The molecule has 1 atom stereocenters. The lowest BCUT2D eigenvalue weighted by Gasteiger charge is -2.29. The van der Waals surface area contributed by atoms with Gasteiger partial charge in [0.1, 0.15) is 5.69 Å². The van der Waals surface area contributed by atoms with E-state index in [1.165, 1.54) is 0 Å². The summed E-state index contributed by atoms with van der Waals surface area (Å²) in [6, 6.07) is 4.31. The highest BCUT2D eigenvalue weighted by molar-refractivity contribution is 5.93. The van der Waals surface area contributed by atoms with E-state index in [2.05, 4.69) is 9.88 Å². The van der Waals surface area contributed by atoms with Crippen molar-refractivity contribution >= 4 is 11.6 Å². The third-order valence-corrected chi connectivity index (χ3v) is 5.07. The van der Waals surface area contributed by atoms with Crippen LogP contribution in [0.25, 0.3) is 0 Å². The topological polar surface area (TPSA) is 54.9 Å². The fourth-order valence-corrected chi connectivity index (χ4v) is 3.49. The summed E-state index contributed by atoms with van der Waals surface area (Å²) in [5.74, 6) is 0.538. The molecule has 1 amide bonds. The van der Waals surface area contributed by atoms with Gasteiger partial charge >= 0.3 is 0 Å². The number of rotatable bonds is 5. The molecule has 6 heteroatoms. The third kappa shape index (κ3) is 3.54. The predicted molar refractivity (Wildman–Crippen MR) is 90.3 cm³/mol. The van der Waals surface area contributed by atoms with Crippen LogP contribution in [-0.2, 0) is 9.47 Å². The number of anilines is 1. The van der Waals surface area contributed by atoms with Gasteiger partial charge in [-0.25, -0.2) is 0 Å². The Labute approximate surface area is 142 Å². The highest BCUT2D eigenvalue weighted by Crippen LogP contribution is 2.30. The van der Waals surface area contributed by atoms with Gasteiger partial charge < -0.3 is 19.3 Å². The van der Waals surface area contributed by atoms with Gasteiger partial charge in [0.2, 0.25) is 0 Å². The molecule has 0 N–H and O–H groups in total. The maximum atomic E-state index is 13.0. The standard InChI is InChI=1S/C18H25N3O3/c22-18(21(15-1-2-15)12-14-4-8-24-13-14)17-11-16(3-5-19-17)20-6-9-23-10-7-20/h3,5,11,14-15H,1-2,4,6-10,12-13H2. The second-order valence-electron chi connectivity index (χ2n) is 6.92. The summed E-state index contributed by atoms with van der Waals surface area (Å²) in [6.45, 7) is 5.60. The molecular formula is C18H25N3O3. The van der Waals surface area contributed by atoms with Gasteiger partial charge in [0.05, 0.1) is 19.8 Å². The number of hydrogen-bond acceptors (Lipinski definition) is 5. The lowest BCUT2D eigenvalue weighted by atomic mass is 10.1. The van der Waals surface area contributed by atoms with Gasteiger partial charge in [0.15, 0.2) is 0 Å². The molecule has 1 unspecified atom stereocenters. The minimum absolute atomic E-state index is 0.0690. The van der Waals surface area contributed by atoms with Gasteiger partial charge in [0, 0.05) is 50.1 Å². The first-order valence-electron chi connectivity index (χ1n) is 8.99. The zero-order valence-corrected chi connectivity index (χ0v) is 14.0. The van der Waals surface area contributed by atoms with Gasteiger partial charge in [-0.3, -0.25) is 9.78 Å². The van der Waals surface area contributed by atoms with E-state index in [-0.39, 0.29) is 5.91 Å². The highest BCUT2D eigenvalue weighted by Gasteiger charge is 2.35. The monoisotopic (exact) mass is 331 g/mol. The molecule has 0 bridgehead atoms. The van der Waals surface area contributed by atoms with E-state index >= 15 is 0 Å². The number of carbonyl (C=O) groups excluding carboxylic acids is 1. The molecular weight excluding hydrogens is 306 g/mol. The van der Waals surface area contributed by atoms with Gasteiger partial charge in [0.25, 0.3) is 5.91 Å². The molecule has 24 heavy (non-hydrogen) atoms. The van der Waals surface area contributed by atoms with E-state index in [0.29, 0.717) is 17.7 Å². The average molecular weight is 331 g/mol. The molecule has 1 aliphatic carbocycles. The summed E-state index contributed by atoms with van der Waals surface area (Å²) in [4.78, 5) is 21.7. The van der Waals surface area contributed by atoms with Crippen molar-refractivity contribution in [1.29, 1.82) is 0 Å². The molecule has 4 rings (SSSR count). The Bertz CT molecular complexity index is 579. The summed E-state index contributed by atoms with van der Waals surface area (Å²) < 4.78 is 10.9. The van der Waals surface area contributed by atoms with Crippen LogP contribution in [-0.4, -0.2) is 67.9 Å². The predicted octanol–water partition coefficient (Wildman–Crippen LogP) is 1.56. The molecule has 1 aromatic rings. The number of hydrogen-bond donors (Lipinski definition) is 0. The average Bonchev–Trinajstić information content (AvgIpc) is 3.36. The summed E-state index contributed by atoms with van der Waals surface area (Å²) in [5, 5.41) is 0. The van der Waals surface area contributed by atoms with Crippen molar-refractivity contribution in [3.05, 3.63) is 24.0 Å². The quantitative estimate of drug-likeness (QED) is 0.819. The van der Waals surface area contributed by atoms with Crippen LogP contribution in [0.3, 0.4) is 0 Å². The lowest BCUT2D eigenvalue weighted by molar-refractivity contribution is 0.0700. The molecule has 2 aliphatic heterocycles. The maximum Gasteiger partial charge on any atom is 0.272 e. The van der Waals surface area contributed by atoms with Gasteiger partial charge in [-0.05, 0) is 31.4 Å². The Kier molecular flexibility index (Phi) is 4.67. The fraction of sp³-hybridized carbons (Fsp3) is 0.667. The maximum absolute atomic E-state index is 13.0. The minimum atomic E-state index is 0.0690. The SMILES string of the molecule is O=C(c1cc(N2CCOCC2)ccn1)N(CC1CCOC1)C1CC1. The second kappa shape index (κ2) is 7.07. The van der Waals surface area contributed by atoms with E-state index < -0.39 is 0 Å². The Balaban J connectivity index is 1.49. The zero-order valence-electron chi connectivity index (χ0n) is 14.0. The summed E-state index contributed by atoms with van der Waals surface area (Å²) >= 11 is 0. The highest BCUT2D eigenvalue weighted by atomic mass is 16.5. The fourth-order valence-electron chi connectivity index (χ4n) is 3.49.